The molecule has 1 heterocycles. The lowest BCUT2D eigenvalue weighted by atomic mass is 9.89. The number of urea groups is 1. The third-order valence-electron chi connectivity index (χ3n) is 8.11. The van der Waals surface area contributed by atoms with Crippen LogP contribution in [0, 0.1) is 12.8 Å². The zero-order valence-electron chi connectivity index (χ0n) is 26.6. The molecule has 1 aliphatic heterocycles. The van der Waals surface area contributed by atoms with Gasteiger partial charge in [-0.1, -0.05) is 54.6 Å². The van der Waals surface area contributed by atoms with E-state index in [-0.39, 0.29) is 43.3 Å². The van der Waals surface area contributed by atoms with E-state index in [1.54, 1.807) is 54.3 Å². The van der Waals surface area contributed by atoms with Gasteiger partial charge in [0.15, 0.2) is 0 Å². The summed E-state index contributed by atoms with van der Waals surface area (Å²) in [6.07, 6.45) is 0.0813. The first kappa shape index (κ1) is 32.7. The van der Waals surface area contributed by atoms with Gasteiger partial charge in [-0.05, 0) is 73.0 Å². The van der Waals surface area contributed by atoms with E-state index in [1.165, 1.54) is 7.11 Å². The molecule has 0 radical (unpaired) electrons. The molecule has 0 saturated carbocycles. The van der Waals surface area contributed by atoms with Crippen molar-refractivity contribution in [2.75, 3.05) is 42.8 Å². The van der Waals surface area contributed by atoms with E-state index in [0.717, 1.165) is 11.1 Å². The van der Waals surface area contributed by atoms with Gasteiger partial charge in [0.05, 0.1) is 31.7 Å². The summed E-state index contributed by atoms with van der Waals surface area (Å²) in [6, 6.07) is 28.6. The number of carbonyl (C=O) groups is 4. The Morgan fingerprint density at radius 3 is 2.21 bits per heavy atom. The third kappa shape index (κ3) is 8.15. The van der Waals surface area contributed by atoms with Gasteiger partial charge in [0.2, 0.25) is 5.91 Å². The van der Waals surface area contributed by atoms with Crippen molar-refractivity contribution in [3.63, 3.8) is 0 Å². The number of esters is 1. The molecule has 5 rings (SSSR count). The number of aryl methyl sites for hydroxylation is 1. The molecule has 242 valence electrons. The van der Waals surface area contributed by atoms with Crippen molar-refractivity contribution in [3.8, 4) is 5.75 Å². The van der Waals surface area contributed by atoms with Crippen LogP contribution in [0.2, 0.25) is 0 Å². The van der Waals surface area contributed by atoms with E-state index in [9.17, 15) is 19.2 Å². The summed E-state index contributed by atoms with van der Waals surface area (Å²) in [4.78, 5) is 53.3. The average molecular weight is 635 g/mol. The first-order valence-corrected chi connectivity index (χ1v) is 15.5. The smallest absolute Gasteiger partial charge is 0.323 e. The minimum atomic E-state index is -0.496. The van der Waals surface area contributed by atoms with Crippen LogP contribution in [0.15, 0.2) is 97.1 Å². The van der Waals surface area contributed by atoms with Crippen molar-refractivity contribution < 1.29 is 28.7 Å². The van der Waals surface area contributed by atoms with Crippen LogP contribution in [0.5, 0.6) is 5.75 Å². The SMILES string of the molecule is CCOC(=O)C1CN(C(=O)c2ccccc2)CC1c1ccc(NC(=O)Cc2ccc(NC(=O)Nc3ccccc3C)c(OC)c2)cc1. The van der Waals surface area contributed by atoms with Crippen LogP contribution >= 0.6 is 0 Å². The number of nitrogens with one attached hydrogen (secondary N) is 3. The Morgan fingerprint density at radius 2 is 1.51 bits per heavy atom. The number of rotatable bonds is 10. The van der Waals surface area contributed by atoms with E-state index in [0.29, 0.717) is 40.5 Å². The number of hydrogen-bond acceptors (Lipinski definition) is 6. The maximum atomic E-state index is 13.2. The number of methoxy groups -OCH3 is 1. The molecule has 2 atom stereocenters. The summed E-state index contributed by atoms with van der Waals surface area (Å²) >= 11 is 0. The van der Waals surface area contributed by atoms with Gasteiger partial charge in [0, 0.05) is 35.9 Å². The molecule has 1 aliphatic rings. The van der Waals surface area contributed by atoms with E-state index in [1.807, 2.05) is 61.5 Å². The molecule has 0 bridgehead atoms. The molecule has 1 saturated heterocycles. The maximum absolute atomic E-state index is 13.2. The first-order valence-electron chi connectivity index (χ1n) is 15.5. The molecule has 1 fully saturated rings. The second-order valence-electron chi connectivity index (χ2n) is 11.3. The van der Waals surface area contributed by atoms with Gasteiger partial charge in [-0.2, -0.15) is 0 Å². The molecule has 4 aromatic carbocycles. The van der Waals surface area contributed by atoms with E-state index < -0.39 is 11.9 Å². The Hall–Kier alpha value is -5.64. The number of para-hydroxylation sites is 1. The average Bonchev–Trinajstić information content (AvgIpc) is 3.53. The quantitative estimate of drug-likeness (QED) is 0.177. The molecule has 0 aliphatic carbocycles. The lowest BCUT2D eigenvalue weighted by Gasteiger charge is -2.18. The predicted octanol–water partition coefficient (Wildman–Crippen LogP) is 6.25. The number of carbonyl (C=O) groups excluding carboxylic acids is 4. The first-order chi connectivity index (χ1) is 22.7. The largest absolute Gasteiger partial charge is 0.495 e. The minimum Gasteiger partial charge on any atom is -0.495 e. The number of benzene rings is 4. The Balaban J connectivity index is 1.21. The Morgan fingerprint density at radius 1 is 0.809 bits per heavy atom. The Labute approximate surface area is 274 Å². The second kappa shape index (κ2) is 15.1. The molecule has 10 heteroatoms. The van der Waals surface area contributed by atoms with Gasteiger partial charge in [-0.15, -0.1) is 0 Å². The van der Waals surface area contributed by atoms with E-state index in [2.05, 4.69) is 16.0 Å². The fraction of sp³-hybridized carbons (Fsp3) is 0.243. The molecule has 10 nitrogen and oxygen atoms in total. The summed E-state index contributed by atoms with van der Waals surface area (Å²) in [5, 5.41) is 8.53. The summed E-state index contributed by atoms with van der Waals surface area (Å²) in [5.41, 5.74) is 4.85. The number of ether oxygens (including phenoxy) is 2. The molecule has 47 heavy (non-hydrogen) atoms. The normalized spacial score (nSPS) is 15.4. The standard InChI is InChI=1S/C37H38N4O6/c1-4-47-36(44)30-23-41(35(43)27-11-6-5-7-12-27)22-29(30)26-15-17-28(18-16-26)38-34(42)21-25-14-19-32(33(20-25)46-3)40-37(45)39-31-13-9-8-10-24(31)2/h5-20,29-30H,4,21-23H2,1-3H3,(H,38,42)(H2,39,40,45). The summed E-state index contributed by atoms with van der Waals surface area (Å²) in [7, 11) is 1.50. The molecule has 2 unspecified atom stereocenters. The lowest BCUT2D eigenvalue weighted by Crippen LogP contribution is -2.30. The highest BCUT2D eigenvalue weighted by Crippen LogP contribution is 2.35. The summed E-state index contributed by atoms with van der Waals surface area (Å²) in [6.45, 7) is 4.58. The predicted molar refractivity (Wildman–Crippen MR) is 181 cm³/mol. The molecule has 4 amide bonds. The van der Waals surface area contributed by atoms with Gasteiger partial charge >= 0.3 is 12.0 Å². The zero-order chi connectivity index (χ0) is 33.3. The summed E-state index contributed by atoms with van der Waals surface area (Å²) in [5.74, 6) is -1.01. The number of nitrogens with zero attached hydrogens (tertiary/aromatic N) is 1. The molecule has 3 N–H and O–H groups in total. The lowest BCUT2D eigenvalue weighted by molar-refractivity contribution is -0.147. The Bertz CT molecular complexity index is 1740. The van der Waals surface area contributed by atoms with Gasteiger partial charge in [-0.3, -0.25) is 14.4 Å². The van der Waals surface area contributed by atoms with Gasteiger partial charge < -0.3 is 30.3 Å². The van der Waals surface area contributed by atoms with Gasteiger partial charge in [0.25, 0.3) is 5.91 Å². The van der Waals surface area contributed by atoms with Crippen molar-refractivity contribution in [2.45, 2.75) is 26.2 Å². The van der Waals surface area contributed by atoms with Gasteiger partial charge in [-0.25, -0.2) is 4.79 Å². The number of amides is 4. The van der Waals surface area contributed by atoms with Crippen LogP contribution in [-0.2, 0) is 20.7 Å². The highest BCUT2D eigenvalue weighted by molar-refractivity contribution is 6.01. The van der Waals surface area contributed by atoms with Gasteiger partial charge in [0.1, 0.15) is 5.75 Å². The van der Waals surface area contributed by atoms with E-state index in [4.69, 9.17) is 9.47 Å². The molecule has 0 spiro atoms. The number of anilines is 3. The third-order valence-corrected chi connectivity index (χ3v) is 8.11. The molecule has 0 aromatic heterocycles. The Kier molecular flexibility index (Phi) is 10.5. The van der Waals surface area contributed by atoms with E-state index >= 15 is 0 Å². The number of likely N-dealkylation sites (tertiary alicyclic amines) is 1. The van der Waals surface area contributed by atoms with Crippen LogP contribution in [0.3, 0.4) is 0 Å². The minimum absolute atomic E-state index is 0.0813. The van der Waals surface area contributed by atoms with Crippen LogP contribution < -0.4 is 20.7 Å². The number of hydrogen-bond donors (Lipinski definition) is 3. The summed E-state index contributed by atoms with van der Waals surface area (Å²) < 4.78 is 10.8. The van der Waals surface area contributed by atoms with Crippen LogP contribution in [0.4, 0.5) is 21.9 Å². The van der Waals surface area contributed by atoms with Crippen LogP contribution in [0.25, 0.3) is 0 Å². The van der Waals surface area contributed by atoms with Crippen molar-refractivity contribution in [1.29, 1.82) is 0 Å². The highest BCUT2D eigenvalue weighted by atomic mass is 16.5. The maximum Gasteiger partial charge on any atom is 0.323 e. The zero-order valence-corrected chi connectivity index (χ0v) is 26.6. The fourth-order valence-electron chi connectivity index (χ4n) is 5.70. The van der Waals surface area contributed by atoms with Crippen LogP contribution in [0.1, 0.15) is 39.9 Å². The van der Waals surface area contributed by atoms with Crippen molar-refractivity contribution >= 4 is 40.9 Å². The monoisotopic (exact) mass is 634 g/mol. The topological polar surface area (TPSA) is 126 Å². The second-order valence-corrected chi connectivity index (χ2v) is 11.3. The van der Waals surface area contributed by atoms with Crippen molar-refractivity contribution in [3.05, 3.63) is 119 Å². The van der Waals surface area contributed by atoms with Crippen molar-refractivity contribution in [1.82, 2.24) is 4.90 Å². The fourth-order valence-corrected chi connectivity index (χ4v) is 5.70. The molecule has 4 aromatic rings. The van der Waals surface area contributed by atoms with Crippen LogP contribution in [-0.4, -0.2) is 55.5 Å². The molecular formula is C37H38N4O6. The van der Waals surface area contributed by atoms with Crippen molar-refractivity contribution in [2.24, 2.45) is 5.92 Å². The molecular weight excluding hydrogens is 596 g/mol. The highest BCUT2D eigenvalue weighted by Gasteiger charge is 2.41.